The molecule has 6 heteroatoms. The molecule has 0 saturated heterocycles. The lowest BCUT2D eigenvalue weighted by Crippen LogP contribution is -2.22. The third-order valence-electron chi connectivity index (χ3n) is 1.92. The van der Waals surface area contributed by atoms with Gasteiger partial charge in [0.05, 0.1) is 17.1 Å². The molecule has 17 heavy (non-hydrogen) atoms. The normalized spacial score (nSPS) is 12.4. The van der Waals surface area contributed by atoms with Crippen molar-refractivity contribution in [2.45, 2.75) is 5.88 Å². The third-order valence-corrected chi connectivity index (χ3v) is 2.19. The Labute approximate surface area is 104 Å². The van der Waals surface area contributed by atoms with E-state index in [0.717, 1.165) is 0 Å². The highest BCUT2D eigenvalue weighted by Crippen LogP contribution is 2.17. The van der Waals surface area contributed by atoms with Gasteiger partial charge in [-0.05, 0) is 6.08 Å². The van der Waals surface area contributed by atoms with Crippen molar-refractivity contribution in [1.82, 2.24) is 10.5 Å². The van der Waals surface area contributed by atoms with Gasteiger partial charge in [0.25, 0.3) is 0 Å². The van der Waals surface area contributed by atoms with E-state index in [4.69, 9.17) is 16.1 Å². The van der Waals surface area contributed by atoms with Crippen LogP contribution in [0.3, 0.4) is 0 Å². The van der Waals surface area contributed by atoms with Crippen LogP contribution in [0, 0.1) is 0 Å². The summed E-state index contributed by atoms with van der Waals surface area (Å²) in [7, 11) is 1.56. The number of allylic oxidation sites excluding steroid dienone is 2. The molecule has 5 nitrogen and oxygen atoms in total. The maximum atomic E-state index is 10.5. The van der Waals surface area contributed by atoms with Crippen molar-refractivity contribution < 1.29 is 9.32 Å². The highest BCUT2D eigenvalue weighted by Gasteiger charge is 2.13. The fourth-order valence-corrected chi connectivity index (χ4v) is 1.34. The van der Waals surface area contributed by atoms with Gasteiger partial charge >= 0.3 is 0 Å². The van der Waals surface area contributed by atoms with Gasteiger partial charge in [-0.15, -0.1) is 11.6 Å². The van der Waals surface area contributed by atoms with Gasteiger partial charge in [-0.2, -0.15) is 0 Å². The van der Waals surface area contributed by atoms with Crippen molar-refractivity contribution in [3.63, 3.8) is 0 Å². The predicted octanol–water partition coefficient (Wildman–Crippen LogP) is 1.76. The lowest BCUT2D eigenvalue weighted by Gasteiger charge is -2.04. The van der Waals surface area contributed by atoms with Crippen LogP contribution in [0.15, 0.2) is 34.3 Å². The number of rotatable bonds is 5. The van der Waals surface area contributed by atoms with E-state index in [1.54, 1.807) is 25.3 Å². The smallest absolute Gasteiger partial charge is 0.212 e. The standard InChI is InChI=1S/C11H12ClN3O2/c1-3-4-9(11(13-2)14-7-16)10-5-8(6-12)15-17-10/h3-5,7H,1,6H2,2H3,(H,13,14,16)/b9-4-. The Kier molecular flexibility index (Phi) is 5.16. The SMILES string of the molecule is C=C/C=C(\C(=NC)NC=O)c1cc(CCl)no1. The molecule has 90 valence electrons. The van der Waals surface area contributed by atoms with Crippen molar-refractivity contribution in [3.05, 3.63) is 36.3 Å². The zero-order valence-electron chi connectivity index (χ0n) is 9.31. The van der Waals surface area contributed by atoms with Gasteiger partial charge in [0.2, 0.25) is 6.41 Å². The van der Waals surface area contributed by atoms with E-state index in [1.165, 1.54) is 0 Å². The summed E-state index contributed by atoms with van der Waals surface area (Å²) in [6.45, 7) is 3.59. The fourth-order valence-electron chi connectivity index (χ4n) is 1.22. The molecule has 0 bridgehead atoms. The molecule has 1 amide bonds. The summed E-state index contributed by atoms with van der Waals surface area (Å²) >= 11 is 5.63. The Morgan fingerprint density at radius 1 is 1.76 bits per heavy atom. The first-order chi connectivity index (χ1) is 8.26. The van der Waals surface area contributed by atoms with Gasteiger partial charge in [-0.25, -0.2) is 0 Å². The average Bonchev–Trinajstić information content (AvgIpc) is 2.82. The van der Waals surface area contributed by atoms with Gasteiger partial charge in [-0.1, -0.05) is 17.8 Å². The van der Waals surface area contributed by atoms with E-state index in [-0.39, 0.29) is 5.88 Å². The minimum atomic E-state index is 0.255. The molecule has 0 spiro atoms. The first kappa shape index (κ1) is 13.2. The van der Waals surface area contributed by atoms with Gasteiger partial charge < -0.3 is 9.84 Å². The van der Waals surface area contributed by atoms with Crippen molar-refractivity contribution in [1.29, 1.82) is 0 Å². The van der Waals surface area contributed by atoms with Crippen LogP contribution in [-0.4, -0.2) is 24.5 Å². The topological polar surface area (TPSA) is 67.5 Å². The Morgan fingerprint density at radius 3 is 3.00 bits per heavy atom. The number of amidine groups is 1. The van der Waals surface area contributed by atoms with Crippen LogP contribution >= 0.6 is 11.6 Å². The molecule has 1 aromatic rings. The number of amides is 1. The van der Waals surface area contributed by atoms with E-state index in [0.29, 0.717) is 29.3 Å². The maximum Gasteiger partial charge on any atom is 0.212 e. The molecule has 0 unspecified atom stereocenters. The van der Waals surface area contributed by atoms with Crippen LogP contribution in [0.1, 0.15) is 11.5 Å². The molecule has 0 radical (unpaired) electrons. The second-order valence-corrected chi connectivity index (χ2v) is 3.23. The largest absolute Gasteiger partial charge is 0.356 e. The lowest BCUT2D eigenvalue weighted by atomic mass is 10.1. The minimum Gasteiger partial charge on any atom is -0.356 e. The Hall–Kier alpha value is -1.88. The lowest BCUT2D eigenvalue weighted by molar-refractivity contribution is -0.108. The first-order valence-electron chi connectivity index (χ1n) is 4.78. The van der Waals surface area contributed by atoms with Crippen LogP contribution < -0.4 is 5.32 Å². The summed E-state index contributed by atoms with van der Waals surface area (Å²) in [5.74, 6) is 1.09. The zero-order chi connectivity index (χ0) is 12.7. The number of hydrogen-bond donors (Lipinski definition) is 1. The van der Waals surface area contributed by atoms with Gasteiger partial charge in [0.1, 0.15) is 5.84 Å². The second-order valence-electron chi connectivity index (χ2n) is 2.97. The van der Waals surface area contributed by atoms with Crippen LogP contribution in [0.2, 0.25) is 0 Å². The minimum absolute atomic E-state index is 0.255. The van der Waals surface area contributed by atoms with E-state index in [9.17, 15) is 4.79 Å². The Bertz CT molecular complexity index is 463. The van der Waals surface area contributed by atoms with Crippen molar-refractivity contribution in [2.75, 3.05) is 7.05 Å². The molecular formula is C11H12ClN3O2. The van der Waals surface area contributed by atoms with Gasteiger partial charge in [-0.3, -0.25) is 9.79 Å². The van der Waals surface area contributed by atoms with E-state index in [2.05, 4.69) is 22.0 Å². The predicted molar refractivity (Wildman–Crippen MR) is 66.8 cm³/mol. The van der Waals surface area contributed by atoms with Crippen LogP contribution in [0.5, 0.6) is 0 Å². The summed E-state index contributed by atoms with van der Waals surface area (Å²) in [4.78, 5) is 14.4. The van der Waals surface area contributed by atoms with Crippen LogP contribution in [0.25, 0.3) is 5.57 Å². The quantitative estimate of drug-likeness (QED) is 0.286. The molecule has 0 aliphatic heterocycles. The number of nitrogens with zero attached hydrogens (tertiary/aromatic N) is 2. The van der Waals surface area contributed by atoms with Crippen LogP contribution in [-0.2, 0) is 10.7 Å². The van der Waals surface area contributed by atoms with Crippen molar-refractivity contribution >= 4 is 29.4 Å². The maximum absolute atomic E-state index is 10.5. The summed E-state index contributed by atoms with van der Waals surface area (Å²) < 4.78 is 5.11. The Balaban J connectivity index is 3.13. The molecule has 1 aromatic heterocycles. The summed E-state index contributed by atoms with van der Waals surface area (Å²) in [5.41, 5.74) is 1.19. The third kappa shape index (κ3) is 3.29. The number of carbonyl (C=O) groups excluding carboxylic acids is 1. The fraction of sp³-hybridized carbons (Fsp3) is 0.182. The van der Waals surface area contributed by atoms with Crippen molar-refractivity contribution in [3.8, 4) is 0 Å². The highest BCUT2D eigenvalue weighted by molar-refractivity contribution is 6.24. The molecule has 1 rings (SSSR count). The number of nitrogens with one attached hydrogen (secondary N) is 1. The zero-order valence-corrected chi connectivity index (χ0v) is 10.1. The molecule has 0 saturated carbocycles. The molecule has 1 N–H and O–H groups in total. The van der Waals surface area contributed by atoms with Gasteiger partial charge in [0.15, 0.2) is 5.76 Å². The van der Waals surface area contributed by atoms with E-state index >= 15 is 0 Å². The highest BCUT2D eigenvalue weighted by atomic mass is 35.5. The summed E-state index contributed by atoms with van der Waals surface area (Å²) in [6, 6.07) is 1.68. The van der Waals surface area contributed by atoms with E-state index < -0.39 is 0 Å². The number of hydrogen-bond acceptors (Lipinski definition) is 4. The molecule has 0 fully saturated rings. The van der Waals surface area contributed by atoms with Crippen LogP contribution in [0.4, 0.5) is 0 Å². The summed E-state index contributed by atoms with van der Waals surface area (Å²) in [5, 5.41) is 6.24. The molecule has 0 aliphatic rings. The number of aromatic nitrogens is 1. The molecule has 0 aromatic carbocycles. The molecule has 1 heterocycles. The monoisotopic (exact) mass is 253 g/mol. The van der Waals surface area contributed by atoms with Crippen molar-refractivity contribution in [2.24, 2.45) is 4.99 Å². The average molecular weight is 254 g/mol. The number of aliphatic imine (C=N–C) groups is 1. The molecular weight excluding hydrogens is 242 g/mol. The molecule has 0 aliphatic carbocycles. The number of carbonyl (C=O) groups is 1. The number of alkyl halides is 1. The number of halogens is 1. The summed E-state index contributed by atoms with van der Waals surface area (Å²) in [6.07, 6.45) is 3.77. The van der Waals surface area contributed by atoms with E-state index in [1.807, 2.05) is 0 Å². The second kappa shape index (κ2) is 6.65. The Morgan fingerprint density at radius 2 is 2.53 bits per heavy atom. The first-order valence-corrected chi connectivity index (χ1v) is 5.32. The van der Waals surface area contributed by atoms with Gasteiger partial charge in [0, 0.05) is 13.1 Å². The molecule has 0 atom stereocenters.